The van der Waals surface area contributed by atoms with Gasteiger partial charge >= 0.3 is 0 Å². The Bertz CT molecular complexity index is 878. The molecule has 0 saturated carbocycles. The highest BCUT2D eigenvalue weighted by atomic mass is 79.9. The van der Waals surface area contributed by atoms with E-state index in [1.165, 1.54) is 6.07 Å². The van der Waals surface area contributed by atoms with Gasteiger partial charge in [0.05, 0.1) is 18.2 Å². The molecule has 162 valence electrons. The van der Waals surface area contributed by atoms with Crippen LogP contribution in [0.2, 0.25) is 0 Å². The van der Waals surface area contributed by atoms with Gasteiger partial charge in [-0.3, -0.25) is 9.69 Å². The zero-order valence-corrected chi connectivity index (χ0v) is 19.1. The second-order valence-electron chi connectivity index (χ2n) is 7.35. The Hall–Kier alpha value is -2.12. The maximum atomic E-state index is 14.0. The molecule has 30 heavy (non-hydrogen) atoms. The van der Waals surface area contributed by atoms with E-state index >= 15 is 0 Å². The Morgan fingerprint density at radius 3 is 2.70 bits per heavy atom. The van der Waals surface area contributed by atoms with E-state index in [-0.39, 0.29) is 11.7 Å². The van der Waals surface area contributed by atoms with Crippen LogP contribution in [0.5, 0.6) is 11.5 Å². The van der Waals surface area contributed by atoms with E-state index in [0.717, 1.165) is 19.4 Å². The number of hydrogen-bond donors (Lipinski definition) is 0. The van der Waals surface area contributed by atoms with Gasteiger partial charge in [0, 0.05) is 43.9 Å². The lowest BCUT2D eigenvalue weighted by atomic mass is 10.1. The standard InChI is InChI=1S/C23H28BrFN2O3/c1-3-13-30-22-19(24)14-18(15-21(22)29-2)23(28)27-10-6-9-26(11-12-27)16-17-7-4-5-8-20(17)25/h4-5,7-8,14-15H,3,6,9-13,16H2,1-2H3. The molecule has 5 nitrogen and oxygen atoms in total. The number of carbonyl (C=O) groups is 1. The number of halogens is 2. The molecule has 1 aliphatic heterocycles. The molecule has 0 spiro atoms. The third-order valence-corrected chi connectivity index (χ3v) is 5.74. The fourth-order valence-corrected chi connectivity index (χ4v) is 4.13. The number of rotatable bonds is 7. The van der Waals surface area contributed by atoms with Gasteiger partial charge in [0.15, 0.2) is 11.5 Å². The van der Waals surface area contributed by atoms with Crippen LogP contribution in [-0.2, 0) is 6.54 Å². The van der Waals surface area contributed by atoms with E-state index in [1.54, 1.807) is 25.3 Å². The van der Waals surface area contributed by atoms with E-state index in [1.807, 2.05) is 24.0 Å². The number of ether oxygens (including phenoxy) is 2. The molecular weight excluding hydrogens is 451 g/mol. The number of hydrogen-bond acceptors (Lipinski definition) is 4. The third kappa shape index (κ3) is 5.52. The highest BCUT2D eigenvalue weighted by Gasteiger charge is 2.23. The lowest BCUT2D eigenvalue weighted by Crippen LogP contribution is -2.35. The van der Waals surface area contributed by atoms with Gasteiger partial charge in [-0.15, -0.1) is 0 Å². The van der Waals surface area contributed by atoms with E-state index in [0.29, 0.717) is 59.9 Å². The van der Waals surface area contributed by atoms with Crippen LogP contribution in [0.25, 0.3) is 0 Å². The molecular formula is C23H28BrFN2O3. The fourth-order valence-electron chi connectivity index (χ4n) is 3.57. The van der Waals surface area contributed by atoms with Crippen LogP contribution in [0.3, 0.4) is 0 Å². The monoisotopic (exact) mass is 478 g/mol. The van der Waals surface area contributed by atoms with Crippen LogP contribution in [0, 0.1) is 5.82 Å². The first-order valence-corrected chi connectivity index (χ1v) is 11.1. The molecule has 1 amide bonds. The van der Waals surface area contributed by atoms with Gasteiger partial charge in [0.1, 0.15) is 5.82 Å². The zero-order valence-electron chi connectivity index (χ0n) is 17.5. The summed E-state index contributed by atoms with van der Waals surface area (Å²) in [5.74, 6) is 0.931. The first kappa shape index (κ1) is 22.6. The molecule has 0 bridgehead atoms. The predicted octanol–water partition coefficient (Wildman–Crippen LogP) is 4.73. The lowest BCUT2D eigenvalue weighted by Gasteiger charge is -2.23. The molecule has 3 rings (SSSR count). The highest BCUT2D eigenvalue weighted by molar-refractivity contribution is 9.10. The highest BCUT2D eigenvalue weighted by Crippen LogP contribution is 2.37. The number of benzene rings is 2. The molecule has 0 unspecified atom stereocenters. The van der Waals surface area contributed by atoms with Gasteiger partial charge in [0.25, 0.3) is 5.91 Å². The third-order valence-electron chi connectivity index (χ3n) is 5.15. The molecule has 1 fully saturated rings. The summed E-state index contributed by atoms with van der Waals surface area (Å²) in [5, 5.41) is 0. The number of nitrogens with zero attached hydrogens (tertiary/aromatic N) is 2. The molecule has 1 aliphatic rings. The quantitative estimate of drug-likeness (QED) is 0.576. The van der Waals surface area contributed by atoms with Crippen molar-refractivity contribution in [2.24, 2.45) is 0 Å². The summed E-state index contributed by atoms with van der Waals surface area (Å²) < 4.78 is 25.9. The van der Waals surface area contributed by atoms with Gasteiger partial charge < -0.3 is 14.4 Å². The minimum Gasteiger partial charge on any atom is -0.493 e. The number of methoxy groups -OCH3 is 1. The van der Waals surface area contributed by atoms with Gasteiger partial charge in [0.2, 0.25) is 0 Å². The summed E-state index contributed by atoms with van der Waals surface area (Å²) in [6.07, 6.45) is 1.73. The van der Waals surface area contributed by atoms with Crippen LogP contribution >= 0.6 is 15.9 Å². The number of carbonyl (C=O) groups excluding carboxylic acids is 1. The Labute approximate surface area is 185 Å². The molecule has 7 heteroatoms. The van der Waals surface area contributed by atoms with Crippen molar-refractivity contribution in [2.75, 3.05) is 39.9 Å². The molecule has 0 aliphatic carbocycles. The second kappa shape index (κ2) is 10.8. The SMILES string of the molecule is CCCOc1c(Br)cc(C(=O)N2CCCN(Cc3ccccc3F)CC2)cc1OC. The molecule has 0 radical (unpaired) electrons. The second-order valence-corrected chi connectivity index (χ2v) is 8.21. The topological polar surface area (TPSA) is 42.0 Å². The van der Waals surface area contributed by atoms with Crippen LogP contribution < -0.4 is 9.47 Å². The van der Waals surface area contributed by atoms with Crippen molar-refractivity contribution in [3.05, 3.63) is 57.8 Å². The van der Waals surface area contributed by atoms with Crippen molar-refractivity contribution >= 4 is 21.8 Å². The Balaban J connectivity index is 1.68. The minimum absolute atomic E-state index is 0.0382. The summed E-state index contributed by atoms with van der Waals surface area (Å²) in [5.41, 5.74) is 1.25. The Morgan fingerprint density at radius 2 is 1.97 bits per heavy atom. The predicted molar refractivity (Wildman–Crippen MR) is 119 cm³/mol. The largest absolute Gasteiger partial charge is 0.493 e. The van der Waals surface area contributed by atoms with Crippen molar-refractivity contribution in [3.63, 3.8) is 0 Å². The molecule has 2 aromatic rings. The normalized spacial score (nSPS) is 15.0. The van der Waals surface area contributed by atoms with Gasteiger partial charge in [-0.05, 0) is 47.0 Å². The summed E-state index contributed by atoms with van der Waals surface area (Å²) in [7, 11) is 1.57. The van der Waals surface area contributed by atoms with Crippen molar-refractivity contribution in [1.82, 2.24) is 9.80 Å². The average molecular weight is 479 g/mol. The average Bonchev–Trinajstić information content (AvgIpc) is 2.99. The summed E-state index contributed by atoms with van der Waals surface area (Å²) in [6.45, 7) is 5.96. The van der Waals surface area contributed by atoms with E-state index < -0.39 is 0 Å². The van der Waals surface area contributed by atoms with Crippen molar-refractivity contribution in [1.29, 1.82) is 0 Å². The molecule has 0 N–H and O–H groups in total. The van der Waals surface area contributed by atoms with Gasteiger partial charge in [-0.2, -0.15) is 0 Å². The van der Waals surface area contributed by atoms with E-state index in [9.17, 15) is 9.18 Å². The molecule has 1 heterocycles. The van der Waals surface area contributed by atoms with Gasteiger partial charge in [-0.25, -0.2) is 4.39 Å². The first-order chi connectivity index (χ1) is 14.5. The van der Waals surface area contributed by atoms with Crippen molar-refractivity contribution in [3.8, 4) is 11.5 Å². The number of amides is 1. The Morgan fingerprint density at radius 1 is 1.17 bits per heavy atom. The molecule has 1 saturated heterocycles. The smallest absolute Gasteiger partial charge is 0.254 e. The van der Waals surface area contributed by atoms with Crippen LogP contribution in [-0.4, -0.2) is 55.6 Å². The lowest BCUT2D eigenvalue weighted by molar-refractivity contribution is 0.0760. The summed E-state index contributed by atoms with van der Waals surface area (Å²) in [4.78, 5) is 17.2. The van der Waals surface area contributed by atoms with Crippen molar-refractivity contribution in [2.45, 2.75) is 26.3 Å². The molecule has 0 atom stereocenters. The van der Waals surface area contributed by atoms with Crippen LogP contribution in [0.15, 0.2) is 40.9 Å². The fraction of sp³-hybridized carbons (Fsp3) is 0.435. The summed E-state index contributed by atoms with van der Waals surface area (Å²) >= 11 is 3.51. The maximum Gasteiger partial charge on any atom is 0.254 e. The van der Waals surface area contributed by atoms with E-state index in [2.05, 4.69) is 20.8 Å². The minimum atomic E-state index is -0.183. The molecule has 2 aromatic carbocycles. The van der Waals surface area contributed by atoms with Crippen LogP contribution in [0.1, 0.15) is 35.7 Å². The zero-order chi connectivity index (χ0) is 21.5. The maximum absolute atomic E-state index is 14.0. The van der Waals surface area contributed by atoms with Crippen LogP contribution in [0.4, 0.5) is 4.39 Å². The summed E-state index contributed by atoms with van der Waals surface area (Å²) in [6, 6.07) is 10.4. The van der Waals surface area contributed by atoms with Crippen molar-refractivity contribution < 1.29 is 18.7 Å². The van der Waals surface area contributed by atoms with Gasteiger partial charge in [-0.1, -0.05) is 25.1 Å². The first-order valence-electron chi connectivity index (χ1n) is 10.3. The molecule has 0 aromatic heterocycles. The van der Waals surface area contributed by atoms with E-state index in [4.69, 9.17) is 9.47 Å². The Kier molecular flexibility index (Phi) is 8.10.